The highest BCUT2D eigenvalue weighted by atomic mass is 17.1. The van der Waals surface area contributed by atoms with E-state index in [1.54, 1.807) is 0 Å². The molecule has 0 aromatic heterocycles. The van der Waals surface area contributed by atoms with Crippen LogP contribution in [0.5, 0.6) is 0 Å². The minimum atomic E-state index is -0.745. The maximum absolute atomic E-state index is 11.3. The van der Waals surface area contributed by atoms with Crippen LogP contribution in [0.15, 0.2) is 0 Å². The Morgan fingerprint density at radius 3 is 2.12 bits per heavy atom. The van der Waals surface area contributed by atoms with E-state index < -0.39 is 17.9 Å². The first kappa shape index (κ1) is 14.9. The van der Waals surface area contributed by atoms with Gasteiger partial charge in [-0.3, -0.25) is 0 Å². The second-order valence-corrected chi connectivity index (χ2v) is 4.68. The lowest BCUT2D eigenvalue weighted by atomic mass is 9.78. The van der Waals surface area contributed by atoms with Gasteiger partial charge in [-0.05, 0) is 18.3 Å². The predicted octanol–water partition coefficient (Wildman–Crippen LogP) is 1.85. The van der Waals surface area contributed by atoms with Crippen molar-refractivity contribution in [3.8, 4) is 0 Å². The van der Waals surface area contributed by atoms with E-state index in [0.717, 1.165) is 0 Å². The van der Waals surface area contributed by atoms with Crippen LogP contribution in [0.2, 0.25) is 0 Å². The normalized spacial score (nSPS) is 13.1. The summed E-state index contributed by atoms with van der Waals surface area (Å²) in [7, 11) is 0. The summed E-state index contributed by atoms with van der Waals surface area (Å²) in [5.74, 6) is -1.97. The van der Waals surface area contributed by atoms with Gasteiger partial charge in [-0.1, -0.05) is 20.8 Å². The molecule has 1 unspecified atom stereocenters. The van der Waals surface area contributed by atoms with Gasteiger partial charge in [-0.25, -0.2) is 9.59 Å². The molecule has 94 valence electrons. The summed E-state index contributed by atoms with van der Waals surface area (Å²) in [5, 5.41) is 16.4. The molecule has 0 saturated heterocycles. The number of rotatable bonds is 5. The van der Waals surface area contributed by atoms with Crippen molar-refractivity contribution in [2.45, 2.75) is 40.0 Å². The molecule has 0 aliphatic carbocycles. The molecule has 0 fully saturated rings. The molecule has 0 amide bonds. The average molecular weight is 234 g/mol. The number of hydrogen-bond donors (Lipinski definition) is 2. The fourth-order valence-electron chi connectivity index (χ4n) is 1.46. The third-order valence-corrected chi connectivity index (χ3v) is 2.40. The van der Waals surface area contributed by atoms with E-state index in [1.165, 1.54) is 0 Å². The van der Waals surface area contributed by atoms with E-state index in [-0.39, 0.29) is 11.8 Å². The quantitative estimate of drug-likeness (QED) is 0.557. The molecule has 0 aromatic rings. The van der Waals surface area contributed by atoms with Gasteiger partial charge in [0.05, 0.1) is 5.92 Å². The molecule has 0 aliphatic rings. The Morgan fingerprint density at radius 1 is 1.19 bits per heavy atom. The maximum Gasteiger partial charge on any atom is 0.345 e. The highest BCUT2D eigenvalue weighted by molar-refractivity contribution is 5.73. The van der Waals surface area contributed by atoms with E-state index >= 15 is 0 Å². The smallest absolute Gasteiger partial charge is 0.301 e. The van der Waals surface area contributed by atoms with Crippen LogP contribution in [0.1, 0.15) is 40.0 Å². The van der Waals surface area contributed by atoms with Gasteiger partial charge in [0.25, 0.3) is 0 Å². The van der Waals surface area contributed by atoms with E-state index in [0.29, 0.717) is 12.8 Å². The Morgan fingerprint density at radius 2 is 1.75 bits per heavy atom. The monoisotopic (exact) mass is 234 g/mol. The molecular weight excluding hydrogens is 216 g/mol. The van der Waals surface area contributed by atoms with Crippen molar-refractivity contribution in [3.05, 3.63) is 0 Å². The van der Waals surface area contributed by atoms with Gasteiger partial charge in [0.2, 0.25) is 0 Å². The van der Waals surface area contributed by atoms with Crippen molar-refractivity contribution >= 4 is 11.9 Å². The fraction of sp³-hybridized carbons (Fsp3) is 0.800. The van der Waals surface area contributed by atoms with E-state index in [4.69, 9.17) is 10.5 Å². The van der Waals surface area contributed by atoms with Gasteiger partial charge in [-0.2, -0.15) is 10.5 Å². The summed E-state index contributed by atoms with van der Waals surface area (Å²) < 4.78 is 0. The Kier molecular flexibility index (Phi) is 5.98. The molecule has 0 heterocycles. The van der Waals surface area contributed by atoms with Gasteiger partial charge in [0.1, 0.15) is 0 Å². The molecule has 0 bridgehead atoms. The first-order valence-electron chi connectivity index (χ1n) is 5.02. The first-order valence-corrected chi connectivity index (χ1v) is 5.02. The SMILES string of the molecule is CC(C)(C)C(CCCC(=O)OO)C(=O)OO. The fourth-order valence-corrected chi connectivity index (χ4v) is 1.46. The molecular formula is C10H18O6. The second kappa shape index (κ2) is 6.44. The van der Waals surface area contributed by atoms with Crippen molar-refractivity contribution in [3.63, 3.8) is 0 Å². The highest BCUT2D eigenvalue weighted by Crippen LogP contribution is 2.31. The van der Waals surface area contributed by atoms with Gasteiger partial charge in [0, 0.05) is 6.42 Å². The topological polar surface area (TPSA) is 93.1 Å². The van der Waals surface area contributed by atoms with Crippen LogP contribution in [0.4, 0.5) is 0 Å². The zero-order valence-corrected chi connectivity index (χ0v) is 9.73. The van der Waals surface area contributed by atoms with E-state index in [2.05, 4.69) is 9.78 Å². The van der Waals surface area contributed by atoms with E-state index in [1.807, 2.05) is 20.8 Å². The van der Waals surface area contributed by atoms with Crippen LogP contribution in [0.25, 0.3) is 0 Å². The molecule has 0 rings (SSSR count). The second-order valence-electron chi connectivity index (χ2n) is 4.68. The predicted molar refractivity (Wildman–Crippen MR) is 54.2 cm³/mol. The molecule has 6 heteroatoms. The van der Waals surface area contributed by atoms with Crippen LogP contribution in [0, 0.1) is 11.3 Å². The molecule has 16 heavy (non-hydrogen) atoms. The molecule has 6 nitrogen and oxygen atoms in total. The number of carbonyl (C=O) groups is 2. The largest absolute Gasteiger partial charge is 0.345 e. The van der Waals surface area contributed by atoms with Crippen LogP contribution in [-0.4, -0.2) is 22.5 Å². The van der Waals surface area contributed by atoms with Gasteiger partial charge in [0.15, 0.2) is 0 Å². The van der Waals surface area contributed by atoms with Crippen molar-refractivity contribution in [1.82, 2.24) is 0 Å². The maximum atomic E-state index is 11.3. The Bertz CT molecular complexity index is 242. The third kappa shape index (κ3) is 5.09. The molecule has 0 spiro atoms. The van der Waals surface area contributed by atoms with Gasteiger partial charge in [-0.15, -0.1) is 0 Å². The van der Waals surface area contributed by atoms with Crippen molar-refractivity contribution in [2.24, 2.45) is 11.3 Å². The summed E-state index contributed by atoms with van der Waals surface area (Å²) in [4.78, 5) is 29.1. The van der Waals surface area contributed by atoms with Crippen molar-refractivity contribution in [1.29, 1.82) is 0 Å². The Hall–Kier alpha value is -1.14. The minimum Gasteiger partial charge on any atom is -0.301 e. The lowest BCUT2D eigenvalue weighted by Crippen LogP contribution is -2.29. The molecule has 0 saturated carbocycles. The van der Waals surface area contributed by atoms with Crippen LogP contribution >= 0.6 is 0 Å². The zero-order chi connectivity index (χ0) is 12.8. The molecule has 0 aromatic carbocycles. The van der Waals surface area contributed by atoms with E-state index in [9.17, 15) is 9.59 Å². The summed E-state index contributed by atoms with van der Waals surface area (Å²) in [5.41, 5.74) is -0.372. The van der Waals surface area contributed by atoms with Crippen LogP contribution < -0.4 is 0 Å². The standard InChI is InChI=1S/C10H18O6/c1-10(2,3)7(9(12)16-14)5-4-6-8(11)15-13/h7,13-14H,4-6H2,1-3H3. The van der Waals surface area contributed by atoms with Crippen molar-refractivity contribution < 1.29 is 29.9 Å². The Labute approximate surface area is 94.0 Å². The summed E-state index contributed by atoms with van der Waals surface area (Å²) in [6, 6.07) is 0. The summed E-state index contributed by atoms with van der Waals surface area (Å²) in [6.07, 6.45) is 0.760. The zero-order valence-electron chi connectivity index (χ0n) is 9.73. The lowest BCUT2D eigenvalue weighted by Gasteiger charge is -2.27. The minimum absolute atomic E-state index is 0.0157. The average Bonchev–Trinajstić information content (AvgIpc) is 2.21. The number of hydrogen-bond acceptors (Lipinski definition) is 6. The summed E-state index contributed by atoms with van der Waals surface area (Å²) >= 11 is 0. The molecule has 1 atom stereocenters. The molecule has 0 radical (unpaired) electrons. The van der Waals surface area contributed by atoms with Crippen molar-refractivity contribution in [2.75, 3.05) is 0 Å². The first-order chi connectivity index (χ1) is 7.32. The third-order valence-electron chi connectivity index (χ3n) is 2.40. The highest BCUT2D eigenvalue weighted by Gasteiger charge is 2.32. The van der Waals surface area contributed by atoms with Gasteiger partial charge < -0.3 is 9.78 Å². The molecule has 0 aliphatic heterocycles. The number of carbonyl (C=O) groups excluding carboxylic acids is 2. The van der Waals surface area contributed by atoms with Crippen LogP contribution in [0.3, 0.4) is 0 Å². The van der Waals surface area contributed by atoms with Crippen LogP contribution in [-0.2, 0) is 19.4 Å². The lowest BCUT2D eigenvalue weighted by molar-refractivity contribution is -0.242. The van der Waals surface area contributed by atoms with Gasteiger partial charge >= 0.3 is 11.9 Å². The summed E-state index contributed by atoms with van der Waals surface area (Å²) in [6.45, 7) is 5.50. The Balaban J connectivity index is 4.24. The molecule has 2 N–H and O–H groups in total.